The van der Waals surface area contributed by atoms with Gasteiger partial charge in [0.1, 0.15) is 10.6 Å². The van der Waals surface area contributed by atoms with Crippen LogP contribution >= 0.6 is 0 Å². The van der Waals surface area contributed by atoms with Gasteiger partial charge in [-0.3, -0.25) is 4.79 Å². The lowest BCUT2D eigenvalue weighted by Gasteiger charge is -2.27. The van der Waals surface area contributed by atoms with Crippen molar-refractivity contribution in [1.29, 1.82) is 0 Å². The molecule has 1 aromatic heterocycles. The first-order chi connectivity index (χ1) is 14.7. The predicted molar refractivity (Wildman–Crippen MR) is 110 cm³/mol. The third-order valence-electron chi connectivity index (χ3n) is 5.56. The molecule has 1 heterocycles. The second-order valence-electron chi connectivity index (χ2n) is 7.47. The fourth-order valence-electron chi connectivity index (χ4n) is 4.20. The van der Waals surface area contributed by atoms with Gasteiger partial charge in [0, 0.05) is 17.8 Å². The van der Waals surface area contributed by atoms with Crippen molar-refractivity contribution in [2.75, 3.05) is 17.7 Å². The minimum atomic E-state index is -3.96. The number of allylic oxidation sites excluding steroid dienone is 1. The van der Waals surface area contributed by atoms with Crippen LogP contribution in [0.2, 0.25) is 0 Å². The number of carbonyl (C=O) groups is 1. The zero-order valence-corrected chi connectivity index (χ0v) is 17.3. The van der Waals surface area contributed by atoms with Crippen molar-refractivity contribution in [3.05, 3.63) is 42.4 Å². The number of hydrogen-bond donors (Lipinski definition) is 4. The number of fused-ring (bicyclic) bond motifs is 2. The molecule has 1 fully saturated rings. The number of nitrogens with one attached hydrogen (secondary N) is 2. The molecular weight excluding hydrogens is 427 g/mol. The Kier molecular flexibility index (Phi) is 5.27. The first-order valence-corrected chi connectivity index (χ1v) is 11.0. The molecule has 6 N–H and O–H groups in total. The summed E-state index contributed by atoms with van der Waals surface area (Å²) in [5.41, 5.74) is 5.96. The number of rotatable bonds is 7. The van der Waals surface area contributed by atoms with Gasteiger partial charge < -0.3 is 21.1 Å². The van der Waals surface area contributed by atoms with E-state index in [-0.39, 0.29) is 40.3 Å². The van der Waals surface area contributed by atoms with Crippen molar-refractivity contribution in [3.63, 3.8) is 0 Å². The summed E-state index contributed by atoms with van der Waals surface area (Å²) in [5.74, 6) is -1.45. The number of hydrogen-bond acceptors (Lipinski definition) is 8. The molecule has 2 bridgehead atoms. The fraction of sp³-hybridized carbons (Fsp3) is 0.316. The summed E-state index contributed by atoms with van der Waals surface area (Å²) >= 11 is 0. The van der Waals surface area contributed by atoms with Crippen molar-refractivity contribution in [1.82, 2.24) is 9.97 Å². The van der Waals surface area contributed by atoms with Gasteiger partial charge in [-0.2, -0.15) is 4.98 Å². The van der Waals surface area contributed by atoms with E-state index in [1.54, 1.807) is 0 Å². The molecule has 2 aromatic rings. The largest absolute Gasteiger partial charge is 0.495 e. The number of halogens is 1. The maximum absolute atomic E-state index is 14.4. The van der Waals surface area contributed by atoms with Crippen LogP contribution in [0, 0.1) is 23.6 Å². The number of primary sulfonamides is 1. The van der Waals surface area contributed by atoms with E-state index < -0.39 is 27.7 Å². The van der Waals surface area contributed by atoms with Crippen molar-refractivity contribution in [3.8, 4) is 5.75 Å². The number of sulfonamides is 1. The number of anilines is 3. The van der Waals surface area contributed by atoms with E-state index in [1.807, 2.05) is 12.2 Å². The molecule has 2 aliphatic rings. The van der Waals surface area contributed by atoms with Crippen LogP contribution in [0.25, 0.3) is 0 Å². The van der Waals surface area contributed by atoms with Crippen LogP contribution in [-0.4, -0.2) is 37.4 Å². The Morgan fingerprint density at radius 2 is 2.03 bits per heavy atom. The van der Waals surface area contributed by atoms with Crippen LogP contribution in [0.1, 0.15) is 6.42 Å². The first kappa shape index (κ1) is 21.0. The van der Waals surface area contributed by atoms with Crippen LogP contribution in [-0.2, 0) is 14.8 Å². The zero-order valence-electron chi connectivity index (χ0n) is 16.4. The predicted octanol–water partition coefficient (Wildman–Crippen LogP) is 1.10. The second kappa shape index (κ2) is 7.78. The van der Waals surface area contributed by atoms with E-state index in [1.165, 1.54) is 25.3 Å². The highest BCUT2D eigenvalue weighted by atomic mass is 32.2. The van der Waals surface area contributed by atoms with Gasteiger partial charge in [0.2, 0.25) is 21.9 Å². The van der Waals surface area contributed by atoms with E-state index in [2.05, 4.69) is 20.6 Å². The first-order valence-electron chi connectivity index (χ1n) is 9.42. The Bertz CT molecular complexity index is 1170. The van der Waals surface area contributed by atoms with Crippen LogP contribution in [0.4, 0.5) is 21.8 Å². The average molecular weight is 448 g/mol. The Morgan fingerprint density at radius 3 is 2.71 bits per heavy atom. The Hall–Kier alpha value is -3.25. The van der Waals surface area contributed by atoms with E-state index in [0.717, 1.165) is 12.6 Å². The molecule has 0 radical (unpaired) electrons. The lowest BCUT2D eigenvalue weighted by Crippen LogP contribution is -2.41. The van der Waals surface area contributed by atoms with Crippen molar-refractivity contribution >= 4 is 33.4 Å². The third kappa shape index (κ3) is 4.03. The van der Waals surface area contributed by atoms with Crippen LogP contribution in [0.5, 0.6) is 5.75 Å². The molecule has 4 unspecified atom stereocenters. The topological polar surface area (TPSA) is 162 Å². The average Bonchev–Trinajstić information content (AvgIpc) is 3.31. The highest BCUT2D eigenvalue weighted by molar-refractivity contribution is 7.89. The number of amides is 1. The standard InChI is InChI=1S/C19H21FN6O4S/c1-30-13-7-11(4-5-14(13)31(22,28)29)24-19-23-8-12(20)18(26-19)25-16-10-3-2-9(6-10)15(16)17(21)27/h2-5,7-10,15-16H,6H2,1H3,(H2,21,27)(H2,22,28,29)(H2,23,24,25,26). The van der Waals surface area contributed by atoms with Gasteiger partial charge in [-0.25, -0.2) is 22.9 Å². The van der Waals surface area contributed by atoms with Crippen molar-refractivity contribution < 1.29 is 22.3 Å². The SMILES string of the molecule is COc1cc(Nc2ncc(F)c(NC3C4C=CC(C4)C3C(N)=O)n2)ccc1S(N)(=O)=O. The number of benzene rings is 1. The number of primary amides is 1. The highest BCUT2D eigenvalue weighted by Gasteiger charge is 2.47. The maximum atomic E-state index is 14.4. The molecule has 0 aliphatic heterocycles. The van der Waals surface area contributed by atoms with E-state index in [0.29, 0.717) is 5.69 Å². The monoisotopic (exact) mass is 448 g/mol. The maximum Gasteiger partial charge on any atom is 0.241 e. The highest BCUT2D eigenvalue weighted by Crippen LogP contribution is 2.44. The van der Waals surface area contributed by atoms with E-state index in [9.17, 15) is 17.6 Å². The molecule has 1 aromatic carbocycles. The van der Waals surface area contributed by atoms with Crippen LogP contribution in [0.15, 0.2) is 41.4 Å². The lowest BCUT2D eigenvalue weighted by molar-refractivity contribution is -0.122. The summed E-state index contributed by atoms with van der Waals surface area (Å²) in [4.78, 5) is 19.8. The molecule has 164 valence electrons. The Balaban J connectivity index is 1.58. The summed E-state index contributed by atoms with van der Waals surface area (Å²) in [6.45, 7) is 0. The Labute approximate surface area is 177 Å². The quantitative estimate of drug-likeness (QED) is 0.458. The molecule has 31 heavy (non-hydrogen) atoms. The smallest absolute Gasteiger partial charge is 0.241 e. The third-order valence-corrected chi connectivity index (χ3v) is 6.51. The zero-order chi connectivity index (χ0) is 22.3. The number of nitrogens with zero attached hydrogens (tertiary/aromatic N) is 2. The van der Waals surface area contributed by atoms with Crippen molar-refractivity contribution in [2.45, 2.75) is 17.4 Å². The van der Waals surface area contributed by atoms with Crippen LogP contribution in [0.3, 0.4) is 0 Å². The van der Waals surface area contributed by atoms with Crippen LogP contribution < -0.4 is 26.2 Å². The molecule has 10 nitrogen and oxygen atoms in total. The molecule has 1 amide bonds. The number of carbonyl (C=O) groups excluding carboxylic acids is 1. The van der Waals surface area contributed by atoms with Gasteiger partial charge in [0.05, 0.1) is 19.2 Å². The summed E-state index contributed by atoms with van der Waals surface area (Å²) in [6.07, 6.45) is 5.74. The summed E-state index contributed by atoms with van der Waals surface area (Å²) in [5, 5.41) is 11.0. The molecule has 0 spiro atoms. The summed E-state index contributed by atoms with van der Waals surface area (Å²) in [7, 11) is -2.66. The minimum absolute atomic E-state index is 0.0334. The number of ether oxygens (including phenoxy) is 1. The van der Waals surface area contributed by atoms with Gasteiger partial charge >= 0.3 is 0 Å². The minimum Gasteiger partial charge on any atom is -0.495 e. The van der Waals surface area contributed by atoms with Gasteiger partial charge in [-0.1, -0.05) is 12.2 Å². The fourth-order valence-corrected chi connectivity index (χ4v) is 4.88. The van der Waals surface area contributed by atoms with Gasteiger partial charge in [0.15, 0.2) is 11.6 Å². The number of aromatic nitrogens is 2. The summed E-state index contributed by atoms with van der Waals surface area (Å²) in [6, 6.07) is 3.77. The number of nitrogens with two attached hydrogens (primary N) is 2. The van der Waals surface area contributed by atoms with Gasteiger partial charge in [-0.15, -0.1) is 0 Å². The lowest BCUT2D eigenvalue weighted by atomic mass is 9.88. The van der Waals surface area contributed by atoms with E-state index >= 15 is 0 Å². The summed E-state index contributed by atoms with van der Waals surface area (Å²) < 4.78 is 42.7. The van der Waals surface area contributed by atoms with E-state index in [4.69, 9.17) is 15.6 Å². The molecule has 0 saturated heterocycles. The molecule has 4 atom stereocenters. The molecule has 4 rings (SSSR count). The van der Waals surface area contributed by atoms with Gasteiger partial charge in [0.25, 0.3) is 0 Å². The molecule has 2 aliphatic carbocycles. The number of methoxy groups -OCH3 is 1. The molecule has 1 saturated carbocycles. The molecular formula is C19H21FN6O4S. The van der Waals surface area contributed by atoms with Gasteiger partial charge in [-0.05, 0) is 30.4 Å². The molecule has 12 heteroatoms. The normalized spacial score (nSPS) is 24.2. The van der Waals surface area contributed by atoms with Crippen molar-refractivity contribution in [2.24, 2.45) is 28.6 Å². The Morgan fingerprint density at radius 1 is 1.29 bits per heavy atom. The second-order valence-corrected chi connectivity index (χ2v) is 9.00.